The lowest BCUT2D eigenvalue weighted by atomic mass is 10.1. The Bertz CT molecular complexity index is 145. The van der Waals surface area contributed by atoms with Crippen LogP contribution in [-0.4, -0.2) is 30.8 Å². The summed E-state index contributed by atoms with van der Waals surface area (Å²) in [4.78, 5) is 12.6. The average Bonchev–Trinajstić information content (AvgIpc) is 2.10. The Balaban J connectivity index is 3.74. The molecule has 15 heavy (non-hydrogen) atoms. The van der Waals surface area contributed by atoms with E-state index in [0.717, 1.165) is 31.2 Å². The fourth-order valence-corrected chi connectivity index (χ4v) is 1.82. The zero-order chi connectivity index (χ0) is 11.7. The van der Waals surface area contributed by atoms with E-state index in [1.807, 2.05) is 6.29 Å². The summed E-state index contributed by atoms with van der Waals surface area (Å²) in [7, 11) is 0. The van der Waals surface area contributed by atoms with E-state index >= 15 is 0 Å². The summed E-state index contributed by atoms with van der Waals surface area (Å²) in [6.45, 7) is 12.5. The molecular formula is C13H26NO. The van der Waals surface area contributed by atoms with Crippen molar-refractivity contribution in [3.8, 4) is 0 Å². The molecular weight excluding hydrogens is 186 g/mol. The summed E-state index contributed by atoms with van der Waals surface area (Å²) in [5.41, 5.74) is 0. The normalized spacial score (nSPS) is 11.7. The Labute approximate surface area is 95.0 Å². The van der Waals surface area contributed by atoms with Gasteiger partial charge in [-0.3, -0.25) is 4.79 Å². The average molecular weight is 212 g/mol. The number of hydrogen-bond acceptors (Lipinski definition) is 2. The van der Waals surface area contributed by atoms with Gasteiger partial charge in [0.15, 0.2) is 6.29 Å². The van der Waals surface area contributed by atoms with Gasteiger partial charge in [-0.05, 0) is 31.2 Å². The Morgan fingerprint density at radius 3 is 1.93 bits per heavy atom. The van der Waals surface area contributed by atoms with Gasteiger partial charge in [-0.1, -0.05) is 27.7 Å². The molecule has 0 saturated heterocycles. The summed E-state index contributed by atoms with van der Waals surface area (Å²) < 4.78 is 0. The Kier molecular flexibility index (Phi) is 8.68. The molecule has 0 aliphatic heterocycles. The Morgan fingerprint density at radius 2 is 1.53 bits per heavy atom. The minimum atomic E-state index is 0.594. The second-order valence-corrected chi connectivity index (χ2v) is 5.15. The molecule has 0 spiro atoms. The maximum atomic E-state index is 10.1. The van der Waals surface area contributed by atoms with Crippen LogP contribution in [0.4, 0.5) is 0 Å². The molecule has 0 amide bonds. The highest BCUT2D eigenvalue weighted by atomic mass is 16.1. The van der Waals surface area contributed by atoms with E-state index in [9.17, 15) is 4.79 Å². The van der Waals surface area contributed by atoms with E-state index < -0.39 is 0 Å². The quantitative estimate of drug-likeness (QED) is 0.548. The highest BCUT2D eigenvalue weighted by Crippen LogP contribution is 2.06. The van der Waals surface area contributed by atoms with Crippen LogP contribution in [0.5, 0.6) is 0 Å². The molecule has 0 aliphatic carbocycles. The summed E-state index contributed by atoms with van der Waals surface area (Å²) in [5.74, 6) is 1.45. The monoisotopic (exact) mass is 212 g/mol. The fourth-order valence-electron chi connectivity index (χ4n) is 1.82. The highest BCUT2D eigenvalue weighted by molar-refractivity contribution is 5.50. The van der Waals surface area contributed by atoms with Crippen LogP contribution in [0.15, 0.2) is 0 Å². The summed E-state index contributed by atoms with van der Waals surface area (Å²) in [5, 5.41) is 0. The van der Waals surface area contributed by atoms with Gasteiger partial charge >= 0.3 is 0 Å². The van der Waals surface area contributed by atoms with Crippen molar-refractivity contribution in [2.75, 3.05) is 19.6 Å². The van der Waals surface area contributed by atoms with Crippen LogP contribution >= 0.6 is 0 Å². The molecule has 0 aromatic heterocycles. The number of unbranched alkanes of at least 4 members (excludes halogenated alkanes) is 2. The lowest BCUT2D eigenvalue weighted by Gasteiger charge is -2.25. The number of carbonyl (C=O) groups excluding carboxylic acids is 1. The van der Waals surface area contributed by atoms with Gasteiger partial charge in [0, 0.05) is 19.5 Å². The lowest BCUT2D eigenvalue weighted by Crippen LogP contribution is -2.32. The predicted molar refractivity (Wildman–Crippen MR) is 65.7 cm³/mol. The van der Waals surface area contributed by atoms with Gasteiger partial charge in [-0.2, -0.15) is 0 Å². The molecule has 1 radical (unpaired) electrons. The number of rotatable bonds is 9. The van der Waals surface area contributed by atoms with Crippen LogP contribution in [0.3, 0.4) is 0 Å². The SMILES string of the molecule is CC(C)CN(CCCC[C]=O)CC(C)C. The topological polar surface area (TPSA) is 20.3 Å². The molecule has 0 N–H and O–H groups in total. The zero-order valence-electron chi connectivity index (χ0n) is 10.8. The predicted octanol–water partition coefficient (Wildman–Crippen LogP) is 2.88. The fraction of sp³-hybridized carbons (Fsp3) is 0.923. The van der Waals surface area contributed by atoms with Crippen LogP contribution in [0, 0.1) is 11.8 Å². The molecule has 0 fully saturated rings. The van der Waals surface area contributed by atoms with Gasteiger partial charge in [0.05, 0.1) is 0 Å². The van der Waals surface area contributed by atoms with Crippen LogP contribution in [-0.2, 0) is 4.79 Å². The van der Waals surface area contributed by atoms with E-state index in [4.69, 9.17) is 0 Å². The smallest absolute Gasteiger partial charge is 0.198 e. The molecule has 0 bridgehead atoms. The van der Waals surface area contributed by atoms with Crippen LogP contribution in [0.2, 0.25) is 0 Å². The second-order valence-electron chi connectivity index (χ2n) is 5.15. The molecule has 0 rings (SSSR count). The third-order valence-corrected chi connectivity index (χ3v) is 2.25. The van der Waals surface area contributed by atoms with E-state index in [0.29, 0.717) is 6.42 Å². The lowest BCUT2D eigenvalue weighted by molar-refractivity contribution is 0.216. The van der Waals surface area contributed by atoms with Crippen molar-refractivity contribution in [1.82, 2.24) is 4.90 Å². The van der Waals surface area contributed by atoms with E-state index in [-0.39, 0.29) is 0 Å². The minimum Gasteiger partial charge on any atom is -0.303 e. The molecule has 2 heteroatoms. The van der Waals surface area contributed by atoms with Gasteiger partial charge in [0.25, 0.3) is 0 Å². The Morgan fingerprint density at radius 1 is 1.00 bits per heavy atom. The molecule has 0 aromatic carbocycles. The van der Waals surface area contributed by atoms with Gasteiger partial charge in [0.1, 0.15) is 0 Å². The first-order chi connectivity index (χ1) is 7.06. The first-order valence-corrected chi connectivity index (χ1v) is 6.13. The number of nitrogens with zero attached hydrogens (tertiary/aromatic N) is 1. The summed E-state index contributed by atoms with van der Waals surface area (Å²) >= 11 is 0. The van der Waals surface area contributed by atoms with Gasteiger partial charge in [-0.15, -0.1) is 0 Å². The van der Waals surface area contributed by atoms with Gasteiger partial charge < -0.3 is 4.90 Å². The van der Waals surface area contributed by atoms with Crippen molar-refractivity contribution >= 4 is 6.29 Å². The molecule has 0 aromatic rings. The Hall–Kier alpha value is -0.370. The van der Waals surface area contributed by atoms with Crippen molar-refractivity contribution < 1.29 is 4.79 Å². The van der Waals surface area contributed by atoms with Gasteiger partial charge in [-0.25, -0.2) is 0 Å². The molecule has 89 valence electrons. The third kappa shape index (κ3) is 9.92. The van der Waals surface area contributed by atoms with Crippen molar-refractivity contribution in [3.63, 3.8) is 0 Å². The molecule has 0 unspecified atom stereocenters. The summed E-state index contributed by atoms with van der Waals surface area (Å²) in [6.07, 6.45) is 4.65. The van der Waals surface area contributed by atoms with E-state index in [1.54, 1.807) is 0 Å². The van der Waals surface area contributed by atoms with Gasteiger partial charge in [0.2, 0.25) is 0 Å². The van der Waals surface area contributed by atoms with Crippen LogP contribution in [0.25, 0.3) is 0 Å². The largest absolute Gasteiger partial charge is 0.303 e. The van der Waals surface area contributed by atoms with Crippen molar-refractivity contribution in [1.29, 1.82) is 0 Å². The van der Waals surface area contributed by atoms with E-state index in [1.165, 1.54) is 13.1 Å². The van der Waals surface area contributed by atoms with Crippen LogP contribution < -0.4 is 0 Å². The minimum absolute atomic E-state index is 0.594. The highest BCUT2D eigenvalue weighted by Gasteiger charge is 2.08. The molecule has 0 atom stereocenters. The number of hydrogen-bond donors (Lipinski definition) is 0. The molecule has 0 saturated carbocycles. The first kappa shape index (κ1) is 14.6. The van der Waals surface area contributed by atoms with Crippen molar-refractivity contribution in [2.45, 2.75) is 47.0 Å². The zero-order valence-corrected chi connectivity index (χ0v) is 10.8. The van der Waals surface area contributed by atoms with Crippen LogP contribution in [0.1, 0.15) is 47.0 Å². The second kappa shape index (κ2) is 8.90. The third-order valence-electron chi connectivity index (χ3n) is 2.25. The summed E-state index contributed by atoms with van der Waals surface area (Å²) in [6, 6.07) is 0. The maximum absolute atomic E-state index is 10.1. The first-order valence-electron chi connectivity index (χ1n) is 6.13. The van der Waals surface area contributed by atoms with Crippen molar-refractivity contribution in [2.24, 2.45) is 11.8 Å². The molecule has 0 aliphatic rings. The van der Waals surface area contributed by atoms with Crippen molar-refractivity contribution in [3.05, 3.63) is 0 Å². The molecule has 2 nitrogen and oxygen atoms in total. The molecule has 0 heterocycles. The van der Waals surface area contributed by atoms with E-state index in [2.05, 4.69) is 32.6 Å². The standard InChI is InChI=1S/C13H26NO/c1-12(2)10-14(11-13(3)4)8-6-5-7-9-15/h12-13H,5-8,10-11H2,1-4H3. The maximum Gasteiger partial charge on any atom is 0.198 e.